The maximum atomic E-state index is 12.6. The van der Waals surface area contributed by atoms with Crippen LogP contribution in [0.2, 0.25) is 0 Å². The number of benzene rings is 1. The molecule has 1 N–H and O–H groups in total. The Morgan fingerprint density at radius 3 is 2.65 bits per heavy atom. The molecule has 1 aromatic carbocycles. The highest BCUT2D eigenvalue weighted by molar-refractivity contribution is 7.91. The molecule has 0 bridgehead atoms. The van der Waals surface area contributed by atoms with Crippen molar-refractivity contribution in [2.45, 2.75) is 49.8 Å². The number of fused-ring (bicyclic) bond motifs is 1. The van der Waals surface area contributed by atoms with Gasteiger partial charge in [0, 0.05) is 19.5 Å². The third-order valence-electron chi connectivity index (χ3n) is 5.78. The maximum Gasteiger partial charge on any atom is 0.223 e. The van der Waals surface area contributed by atoms with Gasteiger partial charge in [-0.05, 0) is 81.3 Å². The summed E-state index contributed by atoms with van der Waals surface area (Å²) in [7, 11) is -1.44. The van der Waals surface area contributed by atoms with Crippen molar-refractivity contribution in [3.63, 3.8) is 0 Å². The van der Waals surface area contributed by atoms with E-state index in [4.69, 9.17) is 0 Å². The summed E-state index contributed by atoms with van der Waals surface area (Å²) in [5.41, 5.74) is 2.42. The van der Waals surface area contributed by atoms with Gasteiger partial charge in [-0.15, -0.1) is 0 Å². The van der Waals surface area contributed by atoms with Crippen LogP contribution in [0.5, 0.6) is 0 Å². The van der Waals surface area contributed by atoms with Crippen molar-refractivity contribution in [3.8, 4) is 0 Å². The molecule has 0 aromatic heterocycles. The Bertz CT molecular complexity index is 737. The minimum atomic E-state index is -3.39. The highest BCUT2D eigenvalue weighted by Gasteiger charge is 2.25. The lowest BCUT2D eigenvalue weighted by Gasteiger charge is -2.32. The van der Waals surface area contributed by atoms with Crippen LogP contribution in [0.3, 0.4) is 0 Å². The molecule has 1 amide bonds. The Balaban J connectivity index is 1.51. The second kappa shape index (κ2) is 8.53. The van der Waals surface area contributed by atoms with Crippen molar-refractivity contribution in [2.24, 2.45) is 5.92 Å². The zero-order valence-electron chi connectivity index (χ0n) is 15.7. The predicted molar refractivity (Wildman–Crippen MR) is 103 cm³/mol. The Morgan fingerprint density at radius 2 is 1.92 bits per heavy atom. The summed E-state index contributed by atoms with van der Waals surface area (Å²) in [6.07, 6.45) is 6.36. The van der Waals surface area contributed by atoms with Crippen LogP contribution in [0.4, 0.5) is 0 Å². The Kier molecular flexibility index (Phi) is 6.35. The Morgan fingerprint density at radius 1 is 1.19 bits per heavy atom. The van der Waals surface area contributed by atoms with Crippen molar-refractivity contribution in [1.82, 2.24) is 10.2 Å². The zero-order valence-corrected chi connectivity index (χ0v) is 16.5. The average molecular weight is 379 g/mol. The second-order valence-corrected chi connectivity index (χ2v) is 9.68. The van der Waals surface area contributed by atoms with Crippen LogP contribution >= 0.6 is 0 Å². The van der Waals surface area contributed by atoms with Crippen molar-refractivity contribution in [2.75, 3.05) is 32.4 Å². The van der Waals surface area contributed by atoms with Crippen molar-refractivity contribution >= 4 is 15.7 Å². The quantitative estimate of drug-likeness (QED) is 0.790. The topological polar surface area (TPSA) is 66.5 Å². The number of likely N-dealkylation sites (tertiary alicyclic amines) is 1. The molecule has 1 saturated heterocycles. The normalized spacial score (nSPS) is 18.1. The predicted octanol–water partition coefficient (Wildman–Crippen LogP) is 2.19. The summed E-state index contributed by atoms with van der Waals surface area (Å²) < 4.78 is 25.2. The second-order valence-electron chi connectivity index (χ2n) is 7.57. The number of hydrogen-bond acceptors (Lipinski definition) is 4. The number of carbonyl (C=O) groups is 1. The highest BCUT2D eigenvalue weighted by atomic mass is 32.2. The zero-order chi connectivity index (χ0) is 18.6. The number of nitrogens with one attached hydrogen (secondary N) is 1. The van der Waals surface area contributed by atoms with Gasteiger partial charge in [-0.1, -0.05) is 6.07 Å². The fourth-order valence-corrected chi connectivity index (χ4v) is 5.34. The van der Waals surface area contributed by atoms with Gasteiger partial charge in [-0.3, -0.25) is 4.79 Å². The van der Waals surface area contributed by atoms with Crippen molar-refractivity contribution in [1.29, 1.82) is 0 Å². The average Bonchev–Trinajstić information content (AvgIpc) is 3.13. The maximum absolute atomic E-state index is 12.6. The molecule has 1 aromatic rings. The van der Waals surface area contributed by atoms with E-state index in [0.717, 1.165) is 63.7 Å². The van der Waals surface area contributed by atoms with E-state index < -0.39 is 9.84 Å². The van der Waals surface area contributed by atoms with Gasteiger partial charge >= 0.3 is 0 Å². The summed E-state index contributed by atoms with van der Waals surface area (Å²) in [5, 5.41) is 3.17. The molecule has 5 nitrogen and oxygen atoms in total. The third kappa shape index (κ3) is 4.65. The third-order valence-corrected chi connectivity index (χ3v) is 7.50. The molecule has 2 aliphatic rings. The first-order valence-electron chi connectivity index (χ1n) is 9.76. The summed E-state index contributed by atoms with van der Waals surface area (Å²) in [5.74, 6) is 0.549. The molecule has 1 aliphatic carbocycles. The SMILES string of the molecule is CNCCC1CCN(C(=O)CCS(=O)(=O)c2ccc3c(c2)CCC3)CC1. The number of aryl methyl sites for hydroxylation is 2. The largest absolute Gasteiger partial charge is 0.343 e. The Hall–Kier alpha value is -1.40. The monoisotopic (exact) mass is 378 g/mol. The van der Waals surface area contributed by atoms with Gasteiger partial charge in [0.15, 0.2) is 9.84 Å². The van der Waals surface area contributed by atoms with E-state index in [0.29, 0.717) is 10.8 Å². The Labute approximate surface area is 157 Å². The van der Waals surface area contributed by atoms with E-state index in [1.165, 1.54) is 5.56 Å². The number of hydrogen-bond donors (Lipinski definition) is 1. The summed E-state index contributed by atoms with van der Waals surface area (Å²) in [6, 6.07) is 5.46. The molecule has 0 spiro atoms. The lowest BCUT2D eigenvalue weighted by molar-refractivity contribution is -0.132. The van der Waals surface area contributed by atoms with Gasteiger partial charge in [0.2, 0.25) is 5.91 Å². The standard InChI is InChI=1S/C20H30N2O3S/c1-21-11-7-16-8-12-22(13-9-16)20(23)10-14-26(24,25)19-6-5-17-3-2-4-18(17)15-19/h5-6,15-16,21H,2-4,7-14H2,1H3. The number of rotatable bonds is 7. The van der Waals surface area contributed by atoms with E-state index in [-0.39, 0.29) is 18.1 Å². The first-order valence-corrected chi connectivity index (χ1v) is 11.4. The molecular formula is C20H30N2O3S. The van der Waals surface area contributed by atoms with Gasteiger partial charge < -0.3 is 10.2 Å². The van der Waals surface area contributed by atoms with Gasteiger partial charge in [0.25, 0.3) is 0 Å². The van der Waals surface area contributed by atoms with Crippen LogP contribution in [-0.4, -0.2) is 51.7 Å². The molecule has 0 radical (unpaired) electrons. The summed E-state index contributed by atoms with van der Waals surface area (Å²) in [4.78, 5) is 14.6. The molecule has 26 heavy (non-hydrogen) atoms. The molecule has 1 heterocycles. The molecule has 0 saturated carbocycles. The van der Waals surface area contributed by atoms with Crippen LogP contribution in [0, 0.1) is 5.92 Å². The molecule has 144 valence electrons. The van der Waals surface area contributed by atoms with Crippen molar-refractivity contribution < 1.29 is 13.2 Å². The molecule has 1 fully saturated rings. The van der Waals surface area contributed by atoms with E-state index in [1.807, 2.05) is 24.1 Å². The van der Waals surface area contributed by atoms with Crippen molar-refractivity contribution in [3.05, 3.63) is 29.3 Å². The van der Waals surface area contributed by atoms with Crippen LogP contribution in [-0.2, 0) is 27.5 Å². The lowest BCUT2D eigenvalue weighted by Crippen LogP contribution is -2.39. The van der Waals surface area contributed by atoms with E-state index in [1.54, 1.807) is 6.07 Å². The fourth-order valence-electron chi connectivity index (χ4n) is 4.06. The van der Waals surface area contributed by atoms with Gasteiger partial charge in [0.1, 0.15) is 0 Å². The number of sulfone groups is 1. The highest BCUT2D eigenvalue weighted by Crippen LogP contribution is 2.26. The van der Waals surface area contributed by atoms with E-state index in [9.17, 15) is 13.2 Å². The summed E-state index contributed by atoms with van der Waals surface area (Å²) in [6.45, 7) is 2.52. The van der Waals surface area contributed by atoms with Crippen LogP contribution in [0.25, 0.3) is 0 Å². The van der Waals surface area contributed by atoms with Crippen LogP contribution < -0.4 is 5.32 Å². The van der Waals surface area contributed by atoms with E-state index >= 15 is 0 Å². The van der Waals surface area contributed by atoms with Crippen LogP contribution in [0.1, 0.15) is 43.2 Å². The molecule has 0 atom stereocenters. The molecule has 0 unspecified atom stereocenters. The van der Waals surface area contributed by atoms with E-state index in [2.05, 4.69) is 5.32 Å². The smallest absolute Gasteiger partial charge is 0.223 e. The lowest BCUT2D eigenvalue weighted by atomic mass is 9.93. The molecule has 1 aliphatic heterocycles. The number of nitrogens with zero attached hydrogens (tertiary/aromatic N) is 1. The molecule has 6 heteroatoms. The number of piperidine rings is 1. The summed E-state index contributed by atoms with van der Waals surface area (Å²) >= 11 is 0. The van der Waals surface area contributed by atoms with Gasteiger partial charge in [-0.2, -0.15) is 0 Å². The first-order chi connectivity index (χ1) is 12.5. The number of carbonyl (C=O) groups excluding carboxylic acids is 1. The molecule has 3 rings (SSSR count). The minimum Gasteiger partial charge on any atom is -0.343 e. The van der Waals surface area contributed by atoms with Gasteiger partial charge in [0.05, 0.1) is 10.6 Å². The first kappa shape index (κ1) is 19.4. The number of amides is 1. The fraction of sp³-hybridized carbons (Fsp3) is 0.650. The minimum absolute atomic E-state index is 0.0261. The molecular weight excluding hydrogens is 348 g/mol. The van der Waals surface area contributed by atoms with Crippen LogP contribution in [0.15, 0.2) is 23.1 Å². The van der Waals surface area contributed by atoms with Gasteiger partial charge in [-0.25, -0.2) is 8.42 Å².